The van der Waals surface area contributed by atoms with Gasteiger partial charge in [0, 0.05) is 6.21 Å². The van der Waals surface area contributed by atoms with E-state index in [1.807, 2.05) is 80.7 Å². The number of hydrogen-bond acceptors (Lipinski definition) is 2. The van der Waals surface area contributed by atoms with E-state index in [2.05, 4.69) is 4.99 Å². The Hall–Kier alpha value is -1.93. The van der Waals surface area contributed by atoms with Gasteiger partial charge in [-0.25, -0.2) is 0 Å². The van der Waals surface area contributed by atoms with Gasteiger partial charge in [-0.2, -0.15) is 0 Å². The quantitative estimate of drug-likeness (QED) is 0.829. The highest BCUT2D eigenvalue weighted by atomic mass is 16.3. The van der Waals surface area contributed by atoms with E-state index in [-0.39, 0.29) is 0 Å². The summed E-state index contributed by atoms with van der Waals surface area (Å²) in [6.45, 7) is 3.87. The highest BCUT2D eigenvalue weighted by Gasteiger charge is 2.27. The summed E-state index contributed by atoms with van der Waals surface area (Å²) in [6, 6.07) is 19.5. The third kappa shape index (κ3) is 3.52. The molecular weight excluding hydrogens is 234 g/mol. The van der Waals surface area contributed by atoms with Crippen LogP contribution >= 0.6 is 0 Å². The van der Waals surface area contributed by atoms with Gasteiger partial charge in [0.1, 0.15) is 6.10 Å². The van der Waals surface area contributed by atoms with Crippen LogP contribution in [-0.2, 0) is 0 Å². The minimum Gasteiger partial charge on any atom is -0.386 e. The maximum absolute atomic E-state index is 10.4. The molecule has 0 heterocycles. The topological polar surface area (TPSA) is 32.6 Å². The lowest BCUT2D eigenvalue weighted by atomic mass is 9.92. The number of aliphatic hydroxyl groups excluding tert-OH is 1. The van der Waals surface area contributed by atoms with Crippen LogP contribution in [0.3, 0.4) is 0 Å². The molecule has 2 aromatic carbocycles. The zero-order valence-corrected chi connectivity index (χ0v) is 11.3. The first-order chi connectivity index (χ1) is 9.09. The van der Waals surface area contributed by atoms with Gasteiger partial charge in [0.2, 0.25) is 0 Å². The van der Waals surface area contributed by atoms with Crippen LogP contribution in [0, 0.1) is 0 Å². The van der Waals surface area contributed by atoms with Crippen LogP contribution in [0.15, 0.2) is 65.7 Å². The minimum absolute atomic E-state index is 0.558. The van der Waals surface area contributed by atoms with E-state index < -0.39 is 11.6 Å². The Morgan fingerprint density at radius 3 is 2.05 bits per heavy atom. The molecule has 0 bridgehead atoms. The van der Waals surface area contributed by atoms with Crippen molar-refractivity contribution in [1.29, 1.82) is 0 Å². The van der Waals surface area contributed by atoms with Gasteiger partial charge in [0.05, 0.1) is 5.54 Å². The van der Waals surface area contributed by atoms with Gasteiger partial charge in [0.15, 0.2) is 0 Å². The van der Waals surface area contributed by atoms with E-state index in [0.717, 1.165) is 11.1 Å². The zero-order chi connectivity index (χ0) is 13.7. The summed E-state index contributed by atoms with van der Waals surface area (Å²) in [5.41, 5.74) is 1.37. The lowest BCUT2D eigenvalue weighted by molar-refractivity contribution is 0.106. The molecule has 0 aliphatic carbocycles. The lowest BCUT2D eigenvalue weighted by Gasteiger charge is -2.26. The summed E-state index contributed by atoms with van der Waals surface area (Å²) in [4.78, 5) is 4.53. The smallest absolute Gasteiger partial charge is 0.104 e. The van der Waals surface area contributed by atoms with Crippen LogP contribution in [0.5, 0.6) is 0 Å². The molecule has 0 spiro atoms. The summed E-state index contributed by atoms with van der Waals surface area (Å²) in [7, 11) is 0. The van der Waals surface area contributed by atoms with E-state index in [1.165, 1.54) is 0 Å². The largest absolute Gasteiger partial charge is 0.386 e. The maximum Gasteiger partial charge on any atom is 0.104 e. The normalized spacial score (nSPS) is 13.6. The molecule has 98 valence electrons. The number of hydrogen-bond donors (Lipinski definition) is 1. The first-order valence-electron chi connectivity index (χ1n) is 6.43. The molecule has 0 radical (unpaired) electrons. The summed E-state index contributed by atoms with van der Waals surface area (Å²) in [6.07, 6.45) is 1.19. The van der Waals surface area contributed by atoms with Crippen molar-refractivity contribution < 1.29 is 5.11 Å². The summed E-state index contributed by atoms with van der Waals surface area (Å²) >= 11 is 0. The Labute approximate surface area is 114 Å². The summed E-state index contributed by atoms with van der Waals surface area (Å²) in [5, 5.41) is 10.4. The number of aliphatic hydroxyl groups is 1. The standard InChI is InChI=1S/C17H19NO/c1-17(2,16(19)15-11-7-4-8-12-15)18-13-14-9-5-3-6-10-14/h3-13,16,19H,1-2H3. The van der Waals surface area contributed by atoms with Crippen molar-refractivity contribution in [1.82, 2.24) is 0 Å². The fourth-order valence-corrected chi connectivity index (χ4v) is 1.89. The summed E-state index contributed by atoms with van der Waals surface area (Å²) in [5.74, 6) is 0. The van der Waals surface area contributed by atoms with Gasteiger partial charge < -0.3 is 5.11 Å². The van der Waals surface area contributed by atoms with E-state index in [0.29, 0.717) is 0 Å². The molecule has 0 fully saturated rings. The Bertz CT molecular complexity index is 532. The molecule has 2 rings (SSSR count). The Balaban J connectivity index is 2.16. The molecule has 0 amide bonds. The predicted molar refractivity (Wildman–Crippen MR) is 79.5 cm³/mol. The van der Waals surface area contributed by atoms with Crippen LogP contribution in [0.2, 0.25) is 0 Å². The molecule has 1 N–H and O–H groups in total. The van der Waals surface area contributed by atoms with Crippen LogP contribution < -0.4 is 0 Å². The van der Waals surface area contributed by atoms with Crippen LogP contribution in [0.1, 0.15) is 31.1 Å². The second-order valence-electron chi connectivity index (χ2n) is 5.14. The van der Waals surface area contributed by atoms with Crippen molar-refractivity contribution in [2.75, 3.05) is 0 Å². The van der Waals surface area contributed by atoms with E-state index in [9.17, 15) is 5.11 Å². The molecule has 2 nitrogen and oxygen atoms in total. The van der Waals surface area contributed by atoms with Gasteiger partial charge in [-0.15, -0.1) is 0 Å². The SMILES string of the molecule is CC(C)(N=Cc1ccccc1)C(O)c1ccccc1. The fourth-order valence-electron chi connectivity index (χ4n) is 1.89. The predicted octanol–water partition coefficient (Wildman–Crippen LogP) is 3.62. The maximum atomic E-state index is 10.4. The second-order valence-corrected chi connectivity index (χ2v) is 5.14. The first kappa shape index (κ1) is 13.5. The molecule has 0 aromatic heterocycles. The monoisotopic (exact) mass is 253 g/mol. The zero-order valence-electron chi connectivity index (χ0n) is 11.3. The molecule has 1 atom stereocenters. The Morgan fingerprint density at radius 2 is 1.47 bits per heavy atom. The molecule has 0 aliphatic heterocycles. The molecule has 2 heteroatoms. The molecule has 0 aliphatic rings. The second kappa shape index (κ2) is 5.81. The average Bonchev–Trinajstić information content (AvgIpc) is 2.46. The van der Waals surface area contributed by atoms with Crippen molar-refractivity contribution in [3.05, 3.63) is 71.8 Å². The molecule has 2 aromatic rings. The van der Waals surface area contributed by atoms with E-state index >= 15 is 0 Å². The number of nitrogens with zero attached hydrogens (tertiary/aromatic N) is 1. The van der Waals surface area contributed by atoms with Crippen LogP contribution in [-0.4, -0.2) is 16.9 Å². The van der Waals surface area contributed by atoms with Gasteiger partial charge in [-0.3, -0.25) is 4.99 Å². The molecule has 19 heavy (non-hydrogen) atoms. The van der Waals surface area contributed by atoms with Crippen LogP contribution in [0.4, 0.5) is 0 Å². The van der Waals surface area contributed by atoms with Crippen molar-refractivity contribution in [3.8, 4) is 0 Å². The van der Waals surface area contributed by atoms with Crippen molar-refractivity contribution >= 4 is 6.21 Å². The van der Waals surface area contributed by atoms with Crippen LogP contribution in [0.25, 0.3) is 0 Å². The van der Waals surface area contributed by atoms with Gasteiger partial charge in [-0.1, -0.05) is 60.7 Å². The average molecular weight is 253 g/mol. The number of rotatable bonds is 4. The Morgan fingerprint density at radius 1 is 0.947 bits per heavy atom. The van der Waals surface area contributed by atoms with Crippen molar-refractivity contribution in [2.24, 2.45) is 4.99 Å². The summed E-state index contributed by atoms with van der Waals surface area (Å²) < 4.78 is 0. The van der Waals surface area contributed by atoms with E-state index in [4.69, 9.17) is 0 Å². The van der Waals surface area contributed by atoms with E-state index in [1.54, 1.807) is 0 Å². The molecule has 0 saturated heterocycles. The molecule has 1 unspecified atom stereocenters. The highest BCUT2D eigenvalue weighted by Crippen LogP contribution is 2.28. The highest BCUT2D eigenvalue weighted by molar-refractivity contribution is 5.79. The lowest BCUT2D eigenvalue weighted by Crippen LogP contribution is -2.27. The Kier molecular flexibility index (Phi) is 4.13. The third-order valence-electron chi connectivity index (χ3n) is 3.13. The van der Waals surface area contributed by atoms with Crippen molar-refractivity contribution in [3.63, 3.8) is 0 Å². The van der Waals surface area contributed by atoms with Gasteiger partial charge in [0.25, 0.3) is 0 Å². The number of aliphatic imine (C=N–C) groups is 1. The minimum atomic E-state index is -0.617. The van der Waals surface area contributed by atoms with Crippen molar-refractivity contribution in [2.45, 2.75) is 25.5 Å². The molecular formula is C17H19NO. The molecule has 0 saturated carbocycles. The fraction of sp³-hybridized carbons (Fsp3) is 0.235. The third-order valence-corrected chi connectivity index (χ3v) is 3.13. The van der Waals surface area contributed by atoms with Gasteiger partial charge >= 0.3 is 0 Å². The van der Waals surface area contributed by atoms with Gasteiger partial charge in [-0.05, 0) is 25.0 Å². The first-order valence-corrected chi connectivity index (χ1v) is 6.43. The number of benzene rings is 2.